The van der Waals surface area contributed by atoms with Crippen LogP contribution in [0.2, 0.25) is 5.02 Å². The summed E-state index contributed by atoms with van der Waals surface area (Å²) in [6.45, 7) is 4.31. The van der Waals surface area contributed by atoms with E-state index in [-0.39, 0.29) is 17.2 Å². The first-order chi connectivity index (χ1) is 14.9. The molecular weight excluding hydrogens is 412 g/mol. The zero-order chi connectivity index (χ0) is 22.1. The van der Waals surface area contributed by atoms with Crippen LogP contribution in [0.4, 0.5) is 0 Å². The second-order valence-electron chi connectivity index (χ2n) is 7.89. The molecule has 0 amide bonds. The molecule has 0 fully saturated rings. The summed E-state index contributed by atoms with van der Waals surface area (Å²) in [6, 6.07) is 13.6. The number of ether oxygens (including phenoxy) is 2. The zero-order valence-corrected chi connectivity index (χ0v) is 18.3. The third kappa shape index (κ3) is 3.92. The van der Waals surface area contributed by atoms with Crippen molar-refractivity contribution in [2.75, 3.05) is 0 Å². The number of rotatable bonds is 4. The lowest BCUT2D eigenvalue weighted by Crippen LogP contribution is -2.28. The van der Waals surface area contributed by atoms with E-state index < -0.39 is 5.92 Å². The Morgan fingerprint density at radius 2 is 2.00 bits per heavy atom. The second kappa shape index (κ2) is 8.49. The number of allylic oxidation sites excluding steroid dienone is 3. The summed E-state index contributed by atoms with van der Waals surface area (Å²) in [5.41, 5.74) is 10.8. The molecule has 2 N–H and O–H groups in total. The Bertz CT molecular complexity index is 1170. The van der Waals surface area contributed by atoms with Gasteiger partial charge in [0.25, 0.3) is 0 Å². The van der Waals surface area contributed by atoms with Gasteiger partial charge < -0.3 is 15.2 Å². The molecule has 4 rings (SSSR count). The highest BCUT2D eigenvalue weighted by Crippen LogP contribution is 2.44. The van der Waals surface area contributed by atoms with Crippen molar-refractivity contribution in [3.8, 4) is 11.8 Å². The molecule has 158 valence electrons. The van der Waals surface area contributed by atoms with Crippen molar-refractivity contribution in [1.82, 2.24) is 0 Å². The highest BCUT2D eigenvalue weighted by atomic mass is 35.5. The smallest absolute Gasteiger partial charge is 0.205 e. The van der Waals surface area contributed by atoms with Gasteiger partial charge in [0.15, 0.2) is 5.78 Å². The maximum Gasteiger partial charge on any atom is 0.205 e. The Hall–Kier alpha value is -3.23. The van der Waals surface area contributed by atoms with Gasteiger partial charge in [-0.05, 0) is 54.7 Å². The molecule has 1 aliphatic carbocycles. The molecule has 0 saturated heterocycles. The molecule has 2 aromatic rings. The number of nitriles is 1. The van der Waals surface area contributed by atoms with Gasteiger partial charge in [-0.3, -0.25) is 4.79 Å². The number of carbonyl (C=O) groups is 1. The molecule has 0 aromatic heterocycles. The number of benzene rings is 2. The fourth-order valence-electron chi connectivity index (χ4n) is 4.27. The van der Waals surface area contributed by atoms with Crippen LogP contribution in [0.15, 0.2) is 59.2 Å². The number of hydrogen-bond donors (Lipinski definition) is 1. The summed E-state index contributed by atoms with van der Waals surface area (Å²) in [5.74, 6) is 0.758. The summed E-state index contributed by atoms with van der Waals surface area (Å²) < 4.78 is 11.6. The number of carbonyl (C=O) groups excluding carboxylic acids is 1. The van der Waals surface area contributed by atoms with E-state index >= 15 is 0 Å². The predicted molar refractivity (Wildman–Crippen MR) is 118 cm³/mol. The van der Waals surface area contributed by atoms with Crippen molar-refractivity contribution < 1.29 is 14.3 Å². The van der Waals surface area contributed by atoms with Crippen molar-refractivity contribution in [1.29, 1.82) is 5.26 Å². The molecule has 1 atom stereocenters. The van der Waals surface area contributed by atoms with E-state index in [1.54, 1.807) is 6.07 Å². The average molecular weight is 435 g/mol. The fourth-order valence-corrected chi connectivity index (χ4v) is 4.46. The normalized spacial score (nSPS) is 18.4. The summed E-state index contributed by atoms with van der Waals surface area (Å²) in [7, 11) is 0. The van der Waals surface area contributed by atoms with Gasteiger partial charge in [0.05, 0.1) is 10.9 Å². The van der Waals surface area contributed by atoms with Gasteiger partial charge in [-0.25, -0.2) is 0 Å². The van der Waals surface area contributed by atoms with Gasteiger partial charge in [0, 0.05) is 18.4 Å². The second-order valence-corrected chi connectivity index (χ2v) is 8.30. The van der Waals surface area contributed by atoms with E-state index in [1.807, 2.05) is 38.1 Å². The maximum atomic E-state index is 12.8. The third-order valence-corrected chi connectivity index (χ3v) is 6.17. The van der Waals surface area contributed by atoms with Crippen molar-refractivity contribution in [3.63, 3.8) is 0 Å². The van der Waals surface area contributed by atoms with Crippen LogP contribution in [0.5, 0.6) is 5.75 Å². The summed E-state index contributed by atoms with van der Waals surface area (Å²) >= 11 is 6.22. The molecule has 2 aliphatic rings. The molecular formula is C25H23ClN2O3. The van der Waals surface area contributed by atoms with E-state index in [0.717, 1.165) is 28.7 Å². The lowest BCUT2D eigenvalue weighted by molar-refractivity contribution is -0.116. The van der Waals surface area contributed by atoms with Crippen LogP contribution >= 0.6 is 11.6 Å². The number of para-hydroxylation sites is 1. The van der Waals surface area contributed by atoms with E-state index in [4.69, 9.17) is 26.8 Å². The largest absolute Gasteiger partial charge is 0.487 e. The first-order valence-corrected chi connectivity index (χ1v) is 10.6. The maximum absolute atomic E-state index is 12.8. The minimum atomic E-state index is -0.527. The minimum absolute atomic E-state index is 0.0142. The number of ketones is 1. The molecule has 5 nitrogen and oxygen atoms in total. The lowest BCUT2D eigenvalue weighted by atomic mass is 9.75. The minimum Gasteiger partial charge on any atom is -0.487 e. The van der Waals surface area contributed by atoms with E-state index in [2.05, 4.69) is 12.1 Å². The quantitative estimate of drug-likeness (QED) is 0.700. The van der Waals surface area contributed by atoms with Crippen molar-refractivity contribution in [2.24, 2.45) is 5.73 Å². The van der Waals surface area contributed by atoms with Crippen LogP contribution in [-0.4, -0.2) is 5.78 Å². The van der Waals surface area contributed by atoms with Crippen LogP contribution in [0.25, 0.3) is 0 Å². The number of aryl methyl sites for hydroxylation is 2. The molecule has 2 aromatic carbocycles. The zero-order valence-electron chi connectivity index (χ0n) is 17.5. The molecule has 31 heavy (non-hydrogen) atoms. The highest BCUT2D eigenvalue weighted by molar-refractivity contribution is 6.32. The number of hydrogen-bond acceptors (Lipinski definition) is 5. The third-order valence-electron chi connectivity index (χ3n) is 5.86. The summed E-state index contributed by atoms with van der Waals surface area (Å²) in [6.07, 6.45) is 1.82. The molecule has 0 bridgehead atoms. The van der Waals surface area contributed by atoms with Crippen molar-refractivity contribution >= 4 is 17.4 Å². The van der Waals surface area contributed by atoms with Crippen LogP contribution < -0.4 is 10.5 Å². The number of nitrogens with zero attached hydrogens (tertiary/aromatic N) is 1. The molecule has 0 spiro atoms. The van der Waals surface area contributed by atoms with E-state index in [1.165, 1.54) is 0 Å². The Labute approximate surface area is 186 Å². The highest BCUT2D eigenvalue weighted by Gasteiger charge is 2.38. The monoisotopic (exact) mass is 434 g/mol. The van der Waals surface area contributed by atoms with Crippen LogP contribution in [0.3, 0.4) is 0 Å². The van der Waals surface area contributed by atoms with Gasteiger partial charge in [0.2, 0.25) is 5.88 Å². The summed E-state index contributed by atoms with van der Waals surface area (Å²) in [4.78, 5) is 12.8. The van der Waals surface area contributed by atoms with Crippen molar-refractivity contribution in [3.05, 3.63) is 86.5 Å². The Balaban J connectivity index is 1.77. The Morgan fingerprint density at radius 3 is 2.74 bits per heavy atom. The molecule has 0 radical (unpaired) electrons. The van der Waals surface area contributed by atoms with Gasteiger partial charge in [0.1, 0.15) is 29.8 Å². The standard InChI is InChI=1S/C25H23ClN2O3/c1-14-10-15(2)17(11-16(14)13-30-21-8-4-3-6-19(21)26)23-18(12-27)25(28)31-22-9-5-7-20(29)24(22)23/h3-4,6,8,10-11,23H,5,7,9,13,28H2,1-2H3. The van der Waals surface area contributed by atoms with Gasteiger partial charge in [-0.15, -0.1) is 0 Å². The van der Waals surface area contributed by atoms with Crippen LogP contribution in [0.1, 0.15) is 47.4 Å². The van der Waals surface area contributed by atoms with E-state index in [0.29, 0.717) is 41.6 Å². The van der Waals surface area contributed by atoms with E-state index in [9.17, 15) is 10.1 Å². The van der Waals surface area contributed by atoms with Gasteiger partial charge in [-0.2, -0.15) is 5.26 Å². The van der Waals surface area contributed by atoms with Gasteiger partial charge >= 0.3 is 0 Å². The Kier molecular flexibility index (Phi) is 5.75. The summed E-state index contributed by atoms with van der Waals surface area (Å²) in [5, 5.41) is 10.4. The number of halogens is 1. The topological polar surface area (TPSA) is 85.3 Å². The number of Topliss-reactive ketones (excluding diaryl/α,β-unsaturated/α-hetero) is 1. The van der Waals surface area contributed by atoms with Crippen LogP contribution in [-0.2, 0) is 16.1 Å². The first kappa shape index (κ1) is 21.0. The molecule has 0 saturated carbocycles. The fraction of sp³-hybridized carbons (Fsp3) is 0.280. The van der Waals surface area contributed by atoms with Crippen LogP contribution in [0, 0.1) is 25.2 Å². The molecule has 1 unspecified atom stereocenters. The van der Waals surface area contributed by atoms with Gasteiger partial charge in [-0.1, -0.05) is 35.9 Å². The predicted octanol–water partition coefficient (Wildman–Crippen LogP) is 5.35. The SMILES string of the molecule is Cc1cc(C)c(C2C(C#N)=C(N)OC3=C2C(=O)CCC3)cc1COc1ccccc1Cl. The first-order valence-electron chi connectivity index (χ1n) is 10.2. The molecule has 1 aliphatic heterocycles. The average Bonchev–Trinajstić information content (AvgIpc) is 2.73. The lowest BCUT2D eigenvalue weighted by Gasteiger charge is -2.32. The molecule has 6 heteroatoms. The molecule has 1 heterocycles. The number of nitrogens with two attached hydrogens (primary N) is 1. The Morgan fingerprint density at radius 1 is 1.23 bits per heavy atom. The van der Waals surface area contributed by atoms with Crippen molar-refractivity contribution in [2.45, 2.75) is 45.6 Å².